The highest BCUT2D eigenvalue weighted by molar-refractivity contribution is 5.84. The summed E-state index contributed by atoms with van der Waals surface area (Å²) in [4.78, 5) is 2.70. The van der Waals surface area contributed by atoms with Gasteiger partial charge in [-0.15, -0.1) is 0 Å². The lowest BCUT2D eigenvalue weighted by molar-refractivity contribution is 0.129. The number of likely N-dealkylation sites (tertiary alicyclic amines) is 1. The number of aromatic nitrogens is 1. The predicted molar refractivity (Wildman–Crippen MR) is 85.9 cm³/mol. The van der Waals surface area contributed by atoms with Gasteiger partial charge in [-0.2, -0.15) is 0 Å². The molecule has 1 unspecified atom stereocenters. The van der Waals surface area contributed by atoms with Gasteiger partial charge in [-0.05, 0) is 43.5 Å². The third-order valence-corrected chi connectivity index (χ3v) is 4.66. The van der Waals surface area contributed by atoms with E-state index in [1.54, 1.807) is 0 Å². The molecule has 2 aromatic rings. The zero-order valence-electron chi connectivity index (χ0n) is 13.0. The Morgan fingerprint density at radius 2 is 1.70 bits per heavy atom. The standard InChI is InChI=1S/C18H26N2/c1-14(2)18(20-11-7-4-8-12-20)16-13-19(3)17-10-6-5-9-15(16)17/h5-6,9-10,13-14,18H,4,7-8,11-12H2,1-3H3. The Hall–Kier alpha value is -1.28. The number of hydrogen-bond acceptors (Lipinski definition) is 1. The van der Waals surface area contributed by atoms with E-state index in [1.807, 2.05) is 0 Å². The zero-order chi connectivity index (χ0) is 14.1. The van der Waals surface area contributed by atoms with E-state index in [2.05, 4.69) is 60.8 Å². The van der Waals surface area contributed by atoms with Gasteiger partial charge < -0.3 is 4.57 Å². The van der Waals surface area contributed by atoms with Crippen LogP contribution in [0.5, 0.6) is 0 Å². The van der Waals surface area contributed by atoms with Crippen molar-refractivity contribution in [1.82, 2.24) is 9.47 Å². The molecule has 1 aromatic carbocycles. The van der Waals surface area contributed by atoms with Crippen molar-refractivity contribution in [2.24, 2.45) is 13.0 Å². The topological polar surface area (TPSA) is 8.17 Å². The highest BCUT2D eigenvalue weighted by Gasteiger charge is 2.27. The molecular weight excluding hydrogens is 244 g/mol. The van der Waals surface area contributed by atoms with E-state index in [0.29, 0.717) is 12.0 Å². The minimum Gasteiger partial charge on any atom is -0.350 e. The normalized spacial score (nSPS) is 18.8. The molecule has 108 valence electrons. The van der Waals surface area contributed by atoms with Gasteiger partial charge in [0.05, 0.1) is 0 Å². The first kappa shape index (κ1) is 13.7. The van der Waals surface area contributed by atoms with Gasteiger partial charge in [0.15, 0.2) is 0 Å². The van der Waals surface area contributed by atoms with E-state index < -0.39 is 0 Å². The highest BCUT2D eigenvalue weighted by atomic mass is 15.2. The Morgan fingerprint density at radius 1 is 1.00 bits per heavy atom. The molecule has 20 heavy (non-hydrogen) atoms. The first-order valence-corrected chi connectivity index (χ1v) is 7.96. The molecule has 2 heterocycles. The number of hydrogen-bond donors (Lipinski definition) is 0. The summed E-state index contributed by atoms with van der Waals surface area (Å²) in [6.07, 6.45) is 6.46. The SMILES string of the molecule is CC(C)C(c1cn(C)c2ccccc12)N1CCCCC1. The van der Waals surface area contributed by atoms with Crippen LogP contribution in [-0.4, -0.2) is 22.6 Å². The second-order valence-corrected chi connectivity index (χ2v) is 6.50. The molecule has 2 heteroatoms. The minimum atomic E-state index is 0.557. The van der Waals surface area contributed by atoms with Gasteiger partial charge in [0.1, 0.15) is 0 Å². The third kappa shape index (κ3) is 2.37. The highest BCUT2D eigenvalue weighted by Crippen LogP contribution is 2.36. The Balaban J connectivity index is 2.05. The van der Waals surface area contributed by atoms with E-state index in [4.69, 9.17) is 0 Å². The lowest BCUT2D eigenvalue weighted by Crippen LogP contribution is -2.36. The van der Waals surface area contributed by atoms with Crippen molar-refractivity contribution in [2.45, 2.75) is 39.2 Å². The van der Waals surface area contributed by atoms with Crippen molar-refractivity contribution in [3.05, 3.63) is 36.0 Å². The van der Waals surface area contributed by atoms with Crippen molar-refractivity contribution >= 4 is 10.9 Å². The van der Waals surface area contributed by atoms with Crippen molar-refractivity contribution in [1.29, 1.82) is 0 Å². The van der Waals surface area contributed by atoms with Crippen LogP contribution in [0.25, 0.3) is 10.9 Å². The van der Waals surface area contributed by atoms with Crippen molar-refractivity contribution in [2.75, 3.05) is 13.1 Å². The molecule has 0 saturated carbocycles. The number of nitrogens with zero attached hydrogens (tertiary/aromatic N) is 2. The Morgan fingerprint density at radius 3 is 2.40 bits per heavy atom. The average Bonchev–Trinajstić information content (AvgIpc) is 2.78. The average molecular weight is 270 g/mol. The largest absolute Gasteiger partial charge is 0.350 e. The molecule has 0 spiro atoms. The summed E-state index contributed by atoms with van der Waals surface area (Å²) in [5, 5.41) is 1.43. The van der Waals surface area contributed by atoms with E-state index in [-0.39, 0.29) is 0 Å². The monoisotopic (exact) mass is 270 g/mol. The maximum atomic E-state index is 2.70. The van der Waals surface area contributed by atoms with Crippen LogP contribution < -0.4 is 0 Å². The number of rotatable bonds is 3. The summed E-state index contributed by atoms with van der Waals surface area (Å²) < 4.78 is 2.28. The number of fused-ring (bicyclic) bond motifs is 1. The molecule has 0 N–H and O–H groups in total. The van der Waals surface area contributed by atoms with Crippen LogP contribution in [0.1, 0.15) is 44.7 Å². The molecule has 0 amide bonds. The van der Waals surface area contributed by atoms with Crippen LogP contribution in [0, 0.1) is 5.92 Å². The smallest absolute Gasteiger partial charge is 0.0481 e. The first-order chi connectivity index (χ1) is 9.68. The zero-order valence-corrected chi connectivity index (χ0v) is 13.0. The molecule has 0 bridgehead atoms. The Bertz CT molecular complexity index is 576. The number of benzene rings is 1. The predicted octanol–water partition coefficient (Wildman–Crippen LogP) is 4.36. The fourth-order valence-electron chi connectivity index (χ4n) is 3.78. The lowest BCUT2D eigenvalue weighted by atomic mass is 9.92. The van der Waals surface area contributed by atoms with Gasteiger partial charge in [0.25, 0.3) is 0 Å². The maximum absolute atomic E-state index is 2.70. The molecule has 1 aromatic heterocycles. The molecule has 0 radical (unpaired) electrons. The van der Waals surface area contributed by atoms with E-state index in [9.17, 15) is 0 Å². The van der Waals surface area contributed by atoms with Crippen LogP contribution in [0.2, 0.25) is 0 Å². The van der Waals surface area contributed by atoms with Gasteiger partial charge in [0, 0.05) is 30.2 Å². The molecule has 1 aliphatic heterocycles. The van der Waals surface area contributed by atoms with Crippen molar-refractivity contribution in [3.8, 4) is 0 Å². The Labute approximate surface area is 122 Å². The molecule has 1 aliphatic rings. The summed E-state index contributed by atoms with van der Waals surface area (Å²) in [5.41, 5.74) is 2.87. The molecular formula is C18H26N2. The summed E-state index contributed by atoms with van der Waals surface area (Å²) in [5.74, 6) is 0.652. The fraction of sp³-hybridized carbons (Fsp3) is 0.556. The number of para-hydroxylation sites is 1. The Kier molecular flexibility index (Phi) is 3.84. The van der Waals surface area contributed by atoms with E-state index in [1.165, 1.54) is 48.8 Å². The van der Waals surface area contributed by atoms with Crippen molar-refractivity contribution in [3.63, 3.8) is 0 Å². The van der Waals surface area contributed by atoms with Gasteiger partial charge >= 0.3 is 0 Å². The maximum Gasteiger partial charge on any atom is 0.0481 e. The van der Waals surface area contributed by atoms with E-state index >= 15 is 0 Å². The number of piperidine rings is 1. The van der Waals surface area contributed by atoms with Crippen LogP contribution in [0.15, 0.2) is 30.5 Å². The quantitative estimate of drug-likeness (QED) is 0.804. The van der Waals surface area contributed by atoms with E-state index in [0.717, 1.165) is 0 Å². The molecule has 1 atom stereocenters. The van der Waals surface area contributed by atoms with Crippen LogP contribution in [0.4, 0.5) is 0 Å². The van der Waals surface area contributed by atoms with Crippen LogP contribution >= 0.6 is 0 Å². The number of aryl methyl sites for hydroxylation is 1. The second-order valence-electron chi connectivity index (χ2n) is 6.50. The third-order valence-electron chi connectivity index (χ3n) is 4.66. The fourth-order valence-corrected chi connectivity index (χ4v) is 3.78. The molecule has 0 aliphatic carbocycles. The molecule has 1 fully saturated rings. The van der Waals surface area contributed by atoms with Gasteiger partial charge in [-0.25, -0.2) is 0 Å². The summed E-state index contributed by atoms with van der Waals surface area (Å²) in [6.45, 7) is 7.24. The minimum absolute atomic E-state index is 0.557. The summed E-state index contributed by atoms with van der Waals surface area (Å²) >= 11 is 0. The van der Waals surface area contributed by atoms with Crippen LogP contribution in [0.3, 0.4) is 0 Å². The van der Waals surface area contributed by atoms with Gasteiger partial charge in [-0.3, -0.25) is 4.90 Å². The second kappa shape index (κ2) is 5.61. The molecule has 2 nitrogen and oxygen atoms in total. The van der Waals surface area contributed by atoms with Gasteiger partial charge in [0.2, 0.25) is 0 Å². The summed E-state index contributed by atoms with van der Waals surface area (Å²) in [7, 11) is 2.17. The first-order valence-electron chi connectivity index (χ1n) is 7.96. The van der Waals surface area contributed by atoms with Crippen LogP contribution in [-0.2, 0) is 7.05 Å². The molecule has 3 rings (SSSR count). The lowest BCUT2D eigenvalue weighted by Gasteiger charge is -2.37. The summed E-state index contributed by atoms with van der Waals surface area (Å²) in [6, 6.07) is 9.37. The van der Waals surface area contributed by atoms with Gasteiger partial charge in [-0.1, -0.05) is 38.5 Å². The van der Waals surface area contributed by atoms with Crippen molar-refractivity contribution < 1.29 is 0 Å². The molecule has 1 saturated heterocycles.